The van der Waals surface area contributed by atoms with E-state index in [2.05, 4.69) is 0 Å². The third-order valence-electron chi connectivity index (χ3n) is 5.80. The number of piperidine rings is 1. The topological polar surface area (TPSA) is 66.8 Å². The van der Waals surface area contributed by atoms with Gasteiger partial charge in [0.15, 0.2) is 0 Å². The number of hydrogen-bond donors (Lipinski definition) is 1. The summed E-state index contributed by atoms with van der Waals surface area (Å²) in [7, 11) is 0. The van der Waals surface area contributed by atoms with Crippen molar-refractivity contribution in [3.8, 4) is 0 Å². The fourth-order valence-electron chi connectivity index (χ4n) is 4.08. The Morgan fingerprint density at radius 3 is 2.41 bits per heavy atom. The lowest BCUT2D eigenvalue weighted by atomic mass is 9.81. The summed E-state index contributed by atoms with van der Waals surface area (Å²) in [5.74, 6) is 0.267. The SMILES string of the molecule is O=C(O)[C@@H]1CCO[C@H]1C1CCN(C(=O)CCC2CCC2)CC1. The Morgan fingerprint density at radius 2 is 1.82 bits per heavy atom. The van der Waals surface area contributed by atoms with Crippen LogP contribution in [0, 0.1) is 17.8 Å². The van der Waals surface area contributed by atoms with Gasteiger partial charge in [0.25, 0.3) is 0 Å². The molecule has 2 atom stereocenters. The summed E-state index contributed by atoms with van der Waals surface area (Å²) in [6.45, 7) is 2.09. The highest BCUT2D eigenvalue weighted by Gasteiger charge is 2.40. The van der Waals surface area contributed by atoms with E-state index in [9.17, 15) is 14.7 Å². The van der Waals surface area contributed by atoms with Crippen molar-refractivity contribution in [1.29, 1.82) is 0 Å². The van der Waals surface area contributed by atoms with Crippen LogP contribution in [-0.2, 0) is 14.3 Å². The number of rotatable bonds is 5. The zero-order valence-corrected chi connectivity index (χ0v) is 13.2. The smallest absolute Gasteiger partial charge is 0.309 e. The first-order valence-electron chi connectivity index (χ1n) is 8.77. The molecule has 1 aliphatic carbocycles. The van der Waals surface area contributed by atoms with Gasteiger partial charge in [0.2, 0.25) is 5.91 Å². The molecule has 1 amide bonds. The standard InChI is InChI=1S/C17H27NO4/c19-15(5-4-12-2-1-3-12)18-9-6-13(7-10-18)16-14(17(20)21)8-11-22-16/h12-14,16H,1-11H2,(H,20,21)/t14-,16+/m1/s1. The molecular weight excluding hydrogens is 282 g/mol. The number of carboxylic acid groups (broad SMARTS) is 1. The summed E-state index contributed by atoms with van der Waals surface area (Å²) in [5.41, 5.74) is 0. The van der Waals surface area contributed by atoms with Crippen molar-refractivity contribution < 1.29 is 19.4 Å². The highest BCUT2D eigenvalue weighted by Crippen LogP contribution is 2.34. The van der Waals surface area contributed by atoms with Crippen LogP contribution < -0.4 is 0 Å². The molecule has 2 saturated heterocycles. The largest absolute Gasteiger partial charge is 0.481 e. The lowest BCUT2D eigenvalue weighted by molar-refractivity contribution is -0.146. The molecule has 0 aromatic carbocycles. The van der Waals surface area contributed by atoms with Crippen molar-refractivity contribution in [1.82, 2.24) is 4.90 Å². The van der Waals surface area contributed by atoms with Crippen molar-refractivity contribution in [2.45, 2.75) is 57.5 Å². The Morgan fingerprint density at radius 1 is 1.09 bits per heavy atom. The number of amides is 1. The summed E-state index contributed by atoms with van der Waals surface area (Å²) < 4.78 is 5.68. The van der Waals surface area contributed by atoms with Gasteiger partial charge in [-0.2, -0.15) is 0 Å². The number of ether oxygens (including phenoxy) is 1. The first-order valence-corrected chi connectivity index (χ1v) is 8.77. The highest BCUT2D eigenvalue weighted by atomic mass is 16.5. The molecule has 0 aromatic rings. The molecule has 22 heavy (non-hydrogen) atoms. The Balaban J connectivity index is 1.43. The number of carboxylic acids is 1. The van der Waals surface area contributed by atoms with Gasteiger partial charge in [0.05, 0.1) is 12.0 Å². The zero-order valence-electron chi connectivity index (χ0n) is 13.2. The third kappa shape index (κ3) is 3.45. The minimum atomic E-state index is -0.735. The molecule has 5 nitrogen and oxygen atoms in total. The lowest BCUT2D eigenvalue weighted by Crippen LogP contribution is -2.43. The number of aliphatic carboxylic acids is 1. The Bertz CT molecular complexity index is 413. The first-order chi connectivity index (χ1) is 10.6. The molecule has 1 saturated carbocycles. The molecule has 0 unspecified atom stereocenters. The summed E-state index contributed by atoms with van der Waals surface area (Å²) >= 11 is 0. The van der Waals surface area contributed by atoms with E-state index in [1.54, 1.807) is 0 Å². The van der Waals surface area contributed by atoms with E-state index in [4.69, 9.17) is 4.74 Å². The van der Waals surface area contributed by atoms with Crippen LogP contribution in [0.25, 0.3) is 0 Å². The molecule has 1 N–H and O–H groups in total. The summed E-state index contributed by atoms with van der Waals surface area (Å²) in [5, 5.41) is 9.26. The van der Waals surface area contributed by atoms with Crippen LogP contribution >= 0.6 is 0 Å². The van der Waals surface area contributed by atoms with Gasteiger partial charge in [-0.05, 0) is 37.5 Å². The summed E-state index contributed by atoms with van der Waals surface area (Å²) in [6, 6.07) is 0. The molecule has 5 heteroatoms. The van der Waals surface area contributed by atoms with E-state index in [0.29, 0.717) is 25.4 Å². The number of likely N-dealkylation sites (tertiary alicyclic amines) is 1. The van der Waals surface area contributed by atoms with Crippen LogP contribution in [0.3, 0.4) is 0 Å². The van der Waals surface area contributed by atoms with Gasteiger partial charge in [-0.1, -0.05) is 19.3 Å². The molecule has 2 heterocycles. The average molecular weight is 309 g/mol. The lowest BCUT2D eigenvalue weighted by Gasteiger charge is -2.36. The van der Waals surface area contributed by atoms with Gasteiger partial charge in [0.1, 0.15) is 0 Å². The third-order valence-corrected chi connectivity index (χ3v) is 5.80. The van der Waals surface area contributed by atoms with E-state index < -0.39 is 5.97 Å². The van der Waals surface area contributed by atoms with E-state index in [-0.39, 0.29) is 17.9 Å². The molecule has 3 fully saturated rings. The van der Waals surface area contributed by atoms with Crippen LogP contribution in [0.1, 0.15) is 51.4 Å². The molecule has 0 aromatic heterocycles. The normalized spacial score (nSPS) is 30.3. The van der Waals surface area contributed by atoms with E-state index in [1.807, 2.05) is 4.90 Å². The summed E-state index contributed by atoms with van der Waals surface area (Å²) in [6.07, 6.45) is 7.89. The fourth-order valence-corrected chi connectivity index (χ4v) is 4.08. The van der Waals surface area contributed by atoms with Gasteiger partial charge >= 0.3 is 5.97 Å². The maximum absolute atomic E-state index is 12.2. The highest BCUT2D eigenvalue weighted by molar-refractivity contribution is 5.76. The van der Waals surface area contributed by atoms with Crippen LogP contribution in [0.2, 0.25) is 0 Å². The minimum Gasteiger partial charge on any atom is -0.481 e. The van der Waals surface area contributed by atoms with Gasteiger partial charge in [-0.25, -0.2) is 0 Å². The number of nitrogens with zero attached hydrogens (tertiary/aromatic N) is 1. The van der Waals surface area contributed by atoms with Gasteiger partial charge in [-0.15, -0.1) is 0 Å². The molecule has 0 bridgehead atoms. The average Bonchev–Trinajstić information content (AvgIpc) is 2.95. The van der Waals surface area contributed by atoms with E-state index in [0.717, 1.165) is 38.3 Å². The monoisotopic (exact) mass is 309 g/mol. The molecule has 0 spiro atoms. The predicted octanol–water partition coefficient (Wildman–Crippen LogP) is 2.29. The number of carbonyl (C=O) groups is 2. The van der Waals surface area contributed by atoms with Crippen molar-refractivity contribution in [2.75, 3.05) is 19.7 Å². The molecule has 124 valence electrons. The predicted molar refractivity (Wildman–Crippen MR) is 81.4 cm³/mol. The second-order valence-electron chi connectivity index (χ2n) is 7.12. The Hall–Kier alpha value is -1.10. The molecule has 3 rings (SSSR count). The van der Waals surface area contributed by atoms with Gasteiger partial charge < -0.3 is 14.7 Å². The van der Waals surface area contributed by atoms with Crippen molar-refractivity contribution in [2.24, 2.45) is 17.8 Å². The summed E-state index contributed by atoms with van der Waals surface area (Å²) in [4.78, 5) is 25.5. The molecule has 0 radical (unpaired) electrons. The maximum Gasteiger partial charge on any atom is 0.309 e. The molecular formula is C17H27NO4. The molecule has 3 aliphatic rings. The second-order valence-corrected chi connectivity index (χ2v) is 7.12. The van der Waals surface area contributed by atoms with Gasteiger partial charge in [0, 0.05) is 26.1 Å². The van der Waals surface area contributed by atoms with Gasteiger partial charge in [-0.3, -0.25) is 9.59 Å². The van der Waals surface area contributed by atoms with Crippen molar-refractivity contribution >= 4 is 11.9 Å². The van der Waals surface area contributed by atoms with Crippen LogP contribution in [0.4, 0.5) is 0 Å². The Kier molecular flexibility index (Phi) is 5.01. The number of carbonyl (C=O) groups excluding carboxylic acids is 1. The van der Waals surface area contributed by atoms with Crippen LogP contribution in [-0.4, -0.2) is 47.7 Å². The Labute approximate surface area is 132 Å². The second kappa shape index (κ2) is 6.99. The maximum atomic E-state index is 12.2. The first kappa shape index (κ1) is 15.8. The zero-order chi connectivity index (χ0) is 15.5. The number of hydrogen-bond acceptors (Lipinski definition) is 3. The molecule has 2 aliphatic heterocycles. The van der Waals surface area contributed by atoms with Crippen molar-refractivity contribution in [3.05, 3.63) is 0 Å². The van der Waals surface area contributed by atoms with E-state index in [1.165, 1.54) is 19.3 Å². The van der Waals surface area contributed by atoms with Crippen LogP contribution in [0.15, 0.2) is 0 Å². The quantitative estimate of drug-likeness (QED) is 0.846. The fraction of sp³-hybridized carbons (Fsp3) is 0.882. The van der Waals surface area contributed by atoms with Crippen molar-refractivity contribution in [3.63, 3.8) is 0 Å². The minimum absolute atomic E-state index is 0.148. The van der Waals surface area contributed by atoms with Crippen LogP contribution in [0.5, 0.6) is 0 Å². The van der Waals surface area contributed by atoms with E-state index >= 15 is 0 Å².